The normalized spacial score (nSPS) is 17.5. The number of nitrogens with zero attached hydrogens (tertiary/aromatic N) is 1. The monoisotopic (exact) mass is 208 g/mol. The van der Waals surface area contributed by atoms with Crippen molar-refractivity contribution in [1.29, 1.82) is 0 Å². The van der Waals surface area contributed by atoms with Gasteiger partial charge in [-0.1, -0.05) is 12.8 Å². The number of rotatable bonds is 3. The highest BCUT2D eigenvalue weighted by Gasteiger charge is 2.17. The molecule has 1 saturated carbocycles. The summed E-state index contributed by atoms with van der Waals surface area (Å²) >= 11 is 1.96. The summed E-state index contributed by atoms with van der Waals surface area (Å²) in [7, 11) is 0. The van der Waals surface area contributed by atoms with Gasteiger partial charge in [-0.25, -0.2) is 0 Å². The van der Waals surface area contributed by atoms with Gasteiger partial charge < -0.3 is 5.73 Å². The predicted octanol–water partition coefficient (Wildman–Crippen LogP) is 2.58. The Morgan fingerprint density at radius 3 is 2.93 bits per heavy atom. The largest absolute Gasteiger partial charge is 0.325 e. The van der Waals surface area contributed by atoms with Gasteiger partial charge in [0.05, 0.1) is 5.69 Å². The van der Waals surface area contributed by atoms with Crippen molar-refractivity contribution in [3.63, 3.8) is 0 Å². The summed E-state index contributed by atoms with van der Waals surface area (Å²) in [6, 6.07) is 4.13. The molecule has 1 aromatic heterocycles. The zero-order valence-corrected chi connectivity index (χ0v) is 9.09. The Balaban J connectivity index is 2.07. The lowest BCUT2D eigenvalue weighted by molar-refractivity contribution is 0.886. The van der Waals surface area contributed by atoms with E-state index in [0.29, 0.717) is 6.54 Å². The van der Waals surface area contributed by atoms with Crippen molar-refractivity contribution in [2.75, 3.05) is 0 Å². The summed E-state index contributed by atoms with van der Waals surface area (Å²) < 4.78 is 0. The molecule has 2 rings (SSSR count). The highest BCUT2D eigenvalue weighted by Crippen LogP contribution is 2.35. The Bertz CT molecular complexity index is 295. The van der Waals surface area contributed by atoms with Gasteiger partial charge in [-0.3, -0.25) is 4.98 Å². The molecule has 1 aromatic rings. The molecule has 1 aliphatic rings. The van der Waals surface area contributed by atoms with Crippen LogP contribution >= 0.6 is 11.8 Å². The van der Waals surface area contributed by atoms with Crippen molar-refractivity contribution in [2.24, 2.45) is 5.73 Å². The van der Waals surface area contributed by atoms with E-state index >= 15 is 0 Å². The maximum absolute atomic E-state index is 5.65. The van der Waals surface area contributed by atoms with E-state index in [9.17, 15) is 0 Å². The molecule has 0 unspecified atom stereocenters. The van der Waals surface area contributed by atoms with Crippen LogP contribution in [-0.4, -0.2) is 10.2 Å². The SMILES string of the molecule is NCc1ncccc1SC1CCCC1. The van der Waals surface area contributed by atoms with Crippen molar-refractivity contribution >= 4 is 11.8 Å². The van der Waals surface area contributed by atoms with Crippen LogP contribution in [0.15, 0.2) is 23.2 Å². The molecular weight excluding hydrogens is 192 g/mol. The number of nitrogens with two attached hydrogens (primary N) is 1. The molecule has 0 atom stereocenters. The Morgan fingerprint density at radius 2 is 2.21 bits per heavy atom. The summed E-state index contributed by atoms with van der Waals surface area (Å²) in [5, 5.41) is 0.796. The van der Waals surface area contributed by atoms with Crippen LogP contribution in [0.4, 0.5) is 0 Å². The highest BCUT2D eigenvalue weighted by molar-refractivity contribution is 8.00. The second kappa shape index (κ2) is 4.80. The van der Waals surface area contributed by atoms with Crippen molar-refractivity contribution < 1.29 is 0 Å². The van der Waals surface area contributed by atoms with E-state index in [4.69, 9.17) is 5.73 Å². The Morgan fingerprint density at radius 1 is 1.43 bits per heavy atom. The zero-order valence-electron chi connectivity index (χ0n) is 8.28. The van der Waals surface area contributed by atoms with Gasteiger partial charge in [0.2, 0.25) is 0 Å². The molecule has 0 spiro atoms. The maximum Gasteiger partial charge on any atom is 0.0675 e. The molecular formula is C11H16N2S. The molecule has 0 bridgehead atoms. The molecule has 0 saturated heterocycles. The minimum atomic E-state index is 0.551. The fourth-order valence-corrected chi connectivity index (χ4v) is 3.23. The third kappa shape index (κ3) is 2.28. The molecule has 2 nitrogen and oxygen atoms in total. The van der Waals surface area contributed by atoms with Gasteiger partial charge in [-0.15, -0.1) is 11.8 Å². The quantitative estimate of drug-likeness (QED) is 0.829. The van der Waals surface area contributed by atoms with Crippen LogP contribution in [0.1, 0.15) is 31.4 Å². The third-order valence-electron chi connectivity index (χ3n) is 2.64. The lowest BCUT2D eigenvalue weighted by atomic mass is 10.3. The van der Waals surface area contributed by atoms with Crippen LogP contribution in [0.3, 0.4) is 0 Å². The van der Waals surface area contributed by atoms with Crippen molar-refractivity contribution in [3.05, 3.63) is 24.0 Å². The first-order valence-corrected chi connectivity index (χ1v) is 6.08. The lowest BCUT2D eigenvalue weighted by Crippen LogP contribution is -2.03. The number of hydrogen-bond acceptors (Lipinski definition) is 3. The van der Waals surface area contributed by atoms with Gasteiger partial charge in [-0.2, -0.15) is 0 Å². The highest BCUT2D eigenvalue weighted by atomic mass is 32.2. The molecule has 0 aliphatic heterocycles. The number of aromatic nitrogens is 1. The van der Waals surface area contributed by atoms with E-state index in [-0.39, 0.29) is 0 Å². The number of thioether (sulfide) groups is 1. The van der Waals surface area contributed by atoms with Crippen molar-refractivity contribution in [3.8, 4) is 0 Å². The first-order valence-electron chi connectivity index (χ1n) is 5.21. The summed E-state index contributed by atoms with van der Waals surface area (Å²) in [4.78, 5) is 5.57. The van der Waals surface area contributed by atoms with E-state index in [1.54, 1.807) is 0 Å². The van der Waals surface area contributed by atoms with Gasteiger partial charge in [0.25, 0.3) is 0 Å². The molecule has 2 N–H and O–H groups in total. The predicted molar refractivity (Wildman–Crippen MR) is 60.2 cm³/mol. The van der Waals surface area contributed by atoms with Crippen molar-refractivity contribution in [2.45, 2.75) is 42.4 Å². The van der Waals surface area contributed by atoms with Gasteiger partial charge in [-0.05, 0) is 25.0 Å². The molecule has 1 aliphatic carbocycles. The van der Waals surface area contributed by atoms with Crippen LogP contribution in [0.2, 0.25) is 0 Å². The second-order valence-electron chi connectivity index (χ2n) is 3.68. The molecule has 0 radical (unpaired) electrons. The molecule has 1 fully saturated rings. The Labute approximate surface area is 89.3 Å². The Hall–Kier alpha value is -0.540. The average Bonchev–Trinajstić information content (AvgIpc) is 2.71. The molecule has 1 heterocycles. The van der Waals surface area contributed by atoms with E-state index in [0.717, 1.165) is 10.9 Å². The molecule has 0 aromatic carbocycles. The van der Waals surface area contributed by atoms with Gasteiger partial charge in [0, 0.05) is 22.9 Å². The van der Waals surface area contributed by atoms with Crippen molar-refractivity contribution in [1.82, 2.24) is 4.98 Å². The topological polar surface area (TPSA) is 38.9 Å². The van der Waals surface area contributed by atoms with E-state index in [2.05, 4.69) is 11.1 Å². The van der Waals surface area contributed by atoms with Crippen LogP contribution in [0.25, 0.3) is 0 Å². The lowest BCUT2D eigenvalue weighted by Gasteiger charge is -2.10. The number of hydrogen-bond donors (Lipinski definition) is 1. The van der Waals surface area contributed by atoms with E-state index in [1.165, 1.54) is 30.6 Å². The van der Waals surface area contributed by atoms with Crippen LogP contribution in [-0.2, 0) is 6.54 Å². The number of pyridine rings is 1. The summed E-state index contributed by atoms with van der Waals surface area (Å²) in [6.07, 6.45) is 7.29. The molecule has 3 heteroatoms. The molecule has 14 heavy (non-hydrogen) atoms. The first kappa shape index (κ1) is 9.99. The van der Waals surface area contributed by atoms with Crippen LogP contribution in [0.5, 0.6) is 0 Å². The van der Waals surface area contributed by atoms with E-state index in [1.807, 2.05) is 24.0 Å². The minimum Gasteiger partial charge on any atom is -0.325 e. The summed E-state index contributed by atoms with van der Waals surface area (Å²) in [5.41, 5.74) is 6.69. The second-order valence-corrected chi connectivity index (χ2v) is 5.02. The van der Waals surface area contributed by atoms with Gasteiger partial charge >= 0.3 is 0 Å². The zero-order chi connectivity index (χ0) is 9.80. The molecule has 0 amide bonds. The van der Waals surface area contributed by atoms with Gasteiger partial charge in [0.15, 0.2) is 0 Å². The first-order chi connectivity index (χ1) is 6.90. The van der Waals surface area contributed by atoms with Crippen LogP contribution in [0, 0.1) is 0 Å². The Kier molecular flexibility index (Phi) is 3.43. The van der Waals surface area contributed by atoms with E-state index < -0.39 is 0 Å². The summed E-state index contributed by atoms with van der Waals surface area (Å²) in [6.45, 7) is 0.551. The average molecular weight is 208 g/mol. The van der Waals surface area contributed by atoms with Gasteiger partial charge in [0.1, 0.15) is 0 Å². The fraction of sp³-hybridized carbons (Fsp3) is 0.545. The van der Waals surface area contributed by atoms with Crippen LogP contribution < -0.4 is 5.73 Å². The third-order valence-corrected chi connectivity index (χ3v) is 4.07. The standard InChI is InChI=1S/C11H16N2S/c12-8-10-11(6-3-7-13-10)14-9-4-1-2-5-9/h3,6-7,9H,1-2,4-5,8,12H2. The maximum atomic E-state index is 5.65. The smallest absolute Gasteiger partial charge is 0.0675 e. The molecule has 76 valence electrons. The minimum absolute atomic E-state index is 0.551. The fourth-order valence-electron chi connectivity index (χ4n) is 1.87. The summed E-state index contributed by atoms with van der Waals surface area (Å²) in [5.74, 6) is 0.